The first-order chi connectivity index (χ1) is 15.3. The van der Waals surface area contributed by atoms with Crippen LogP contribution in [0.3, 0.4) is 0 Å². The minimum absolute atomic E-state index is 0.00192. The van der Waals surface area contributed by atoms with Gasteiger partial charge in [-0.2, -0.15) is 0 Å². The largest absolute Gasteiger partial charge is 0.396 e. The Bertz CT molecular complexity index is 824. The maximum absolute atomic E-state index is 12.5. The van der Waals surface area contributed by atoms with Gasteiger partial charge in [0.25, 0.3) is 11.8 Å². The van der Waals surface area contributed by atoms with Gasteiger partial charge in [-0.25, -0.2) is 4.68 Å². The lowest BCUT2D eigenvalue weighted by molar-refractivity contribution is -0.138. The lowest BCUT2D eigenvalue weighted by atomic mass is 9.81. The van der Waals surface area contributed by atoms with E-state index in [1.807, 2.05) is 13.8 Å². The smallest absolute Gasteiger partial charge is 0.253 e. The molecular formula is C22H33N5O5. The summed E-state index contributed by atoms with van der Waals surface area (Å²) in [5, 5.41) is 20.1. The van der Waals surface area contributed by atoms with Gasteiger partial charge in [0.05, 0.1) is 31.5 Å². The maximum Gasteiger partial charge on any atom is 0.253 e. The van der Waals surface area contributed by atoms with E-state index in [0.29, 0.717) is 38.4 Å². The lowest BCUT2D eigenvalue weighted by Gasteiger charge is -2.29. The average molecular weight is 448 g/mol. The van der Waals surface area contributed by atoms with E-state index < -0.39 is 0 Å². The molecule has 0 bridgehead atoms. The molecule has 3 rings (SSSR count). The Hall–Kier alpha value is -2.59. The van der Waals surface area contributed by atoms with Crippen LogP contribution in [-0.2, 0) is 32.2 Å². The number of carbonyl (C=O) groups is 3. The maximum atomic E-state index is 12.5. The Kier molecular flexibility index (Phi) is 8.14. The molecule has 0 unspecified atom stereocenters. The molecule has 1 aliphatic carbocycles. The molecule has 0 saturated heterocycles. The van der Waals surface area contributed by atoms with Crippen LogP contribution < -0.4 is 5.32 Å². The van der Waals surface area contributed by atoms with Gasteiger partial charge >= 0.3 is 0 Å². The number of hydrogen-bond acceptors (Lipinski definition) is 7. The zero-order chi connectivity index (χ0) is 23.1. The Balaban J connectivity index is 1.35. The molecule has 2 N–H and O–H groups in total. The highest BCUT2D eigenvalue weighted by Crippen LogP contribution is 2.30. The Labute approximate surface area is 188 Å². The summed E-state index contributed by atoms with van der Waals surface area (Å²) in [4.78, 5) is 37.2. The quantitative estimate of drug-likeness (QED) is 0.481. The molecule has 0 aromatic carbocycles. The molecule has 1 aliphatic heterocycles. The van der Waals surface area contributed by atoms with Crippen molar-refractivity contribution in [3.63, 3.8) is 0 Å². The molecule has 1 aromatic rings. The highest BCUT2D eigenvalue weighted by Gasteiger charge is 2.31. The normalized spacial score (nSPS) is 21.4. The van der Waals surface area contributed by atoms with Crippen molar-refractivity contribution in [3.05, 3.63) is 24.0 Å². The standard InChI is InChI=1S/C22H33N5O5/c1-22(2,9-11-28)32-12-10-26-15-18(24-25-26)13-23-21(31)17-5-3-16(4-6-17)14-27-19(29)7-8-20(27)30/h7-8,15-17,28H,3-6,9-14H2,1-2H3,(H,23,31). The number of nitrogens with one attached hydrogen (secondary N) is 1. The van der Waals surface area contributed by atoms with Crippen LogP contribution in [0.1, 0.15) is 51.6 Å². The molecule has 0 spiro atoms. The summed E-state index contributed by atoms with van der Waals surface area (Å²) in [5.74, 6) is -0.309. The summed E-state index contributed by atoms with van der Waals surface area (Å²) in [6.45, 7) is 5.69. The summed E-state index contributed by atoms with van der Waals surface area (Å²) >= 11 is 0. The lowest BCUT2D eigenvalue weighted by Crippen LogP contribution is -2.38. The third-order valence-electron chi connectivity index (χ3n) is 6.12. The fraction of sp³-hybridized carbons (Fsp3) is 0.682. The zero-order valence-corrected chi connectivity index (χ0v) is 18.8. The average Bonchev–Trinajstić information content (AvgIpc) is 3.34. The van der Waals surface area contributed by atoms with Crippen LogP contribution in [0.5, 0.6) is 0 Å². The van der Waals surface area contributed by atoms with E-state index in [0.717, 1.165) is 25.7 Å². The van der Waals surface area contributed by atoms with Crippen molar-refractivity contribution in [2.24, 2.45) is 11.8 Å². The van der Waals surface area contributed by atoms with Gasteiger partial charge in [-0.3, -0.25) is 19.3 Å². The third kappa shape index (κ3) is 6.70. The zero-order valence-electron chi connectivity index (χ0n) is 18.8. The van der Waals surface area contributed by atoms with Crippen molar-refractivity contribution in [1.29, 1.82) is 0 Å². The molecule has 0 radical (unpaired) electrons. The second kappa shape index (κ2) is 10.8. The van der Waals surface area contributed by atoms with E-state index in [1.54, 1.807) is 10.9 Å². The molecule has 10 heteroatoms. The molecule has 2 aliphatic rings. The molecule has 2 heterocycles. The second-order valence-electron chi connectivity index (χ2n) is 9.11. The molecule has 1 saturated carbocycles. The number of carbonyl (C=O) groups excluding carboxylic acids is 3. The Morgan fingerprint density at radius 1 is 1.22 bits per heavy atom. The minimum Gasteiger partial charge on any atom is -0.396 e. The van der Waals surface area contributed by atoms with E-state index in [-0.39, 0.29) is 41.8 Å². The van der Waals surface area contributed by atoms with Crippen LogP contribution in [0.25, 0.3) is 0 Å². The molecule has 1 aromatic heterocycles. The number of aliphatic hydroxyl groups excluding tert-OH is 1. The highest BCUT2D eigenvalue weighted by atomic mass is 16.5. The molecule has 1 fully saturated rings. The number of aromatic nitrogens is 3. The molecule has 10 nitrogen and oxygen atoms in total. The summed E-state index contributed by atoms with van der Waals surface area (Å²) in [6, 6.07) is 0. The van der Waals surface area contributed by atoms with Gasteiger partial charge in [-0.1, -0.05) is 5.21 Å². The molecule has 176 valence electrons. The third-order valence-corrected chi connectivity index (χ3v) is 6.12. The highest BCUT2D eigenvalue weighted by molar-refractivity contribution is 6.12. The topological polar surface area (TPSA) is 127 Å². The van der Waals surface area contributed by atoms with Crippen LogP contribution in [0.15, 0.2) is 18.3 Å². The van der Waals surface area contributed by atoms with Crippen molar-refractivity contribution in [3.8, 4) is 0 Å². The predicted molar refractivity (Wildman–Crippen MR) is 115 cm³/mol. The van der Waals surface area contributed by atoms with Gasteiger partial charge in [0.2, 0.25) is 5.91 Å². The number of amides is 3. The second-order valence-corrected chi connectivity index (χ2v) is 9.11. The van der Waals surface area contributed by atoms with Crippen molar-refractivity contribution >= 4 is 17.7 Å². The number of rotatable bonds is 11. The van der Waals surface area contributed by atoms with E-state index in [2.05, 4.69) is 15.6 Å². The van der Waals surface area contributed by atoms with Crippen molar-refractivity contribution in [1.82, 2.24) is 25.2 Å². The van der Waals surface area contributed by atoms with Gasteiger partial charge in [-0.05, 0) is 51.9 Å². The van der Waals surface area contributed by atoms with Gasteiger partial charge in [-0.15, -0.1) is 5.10 Å². The van der Waals surface area contributed by atoms with Gasteiger partial charge in [0, 0.05) is 31.2 Å². The van der Waals surface area contributed by atoms with Gasteiger partial charge in [0.1, 0.15) is 5.69 Å². The summed E-state index contributed by atoms with van der Waals surface area (Å²) in [6.07, 6.45) is 8.09. The predicted octanol–water partition coefficient (Wildman–Crippen LogP) is 0.803. The van der Waals surface area contributed by atoms with E-state index in [9.17, 15) is 14.4 Å². The summed E-state index contributed by atoms with van der Waals surface area (Å²) < 4.78 is 7.44. The van der Waals surface area contributed by atoms with E-state index >= 15 is 0 Å². The number of imide groups is 1. The Morgan fingerprint density at radius 2 is 1.91 bits per heavy atom. The van der Waals surface area contributed by atoms with Crippen molar-refractivity contribution in [2.45, 2.75) is 64.6 Å². The minimum atomic E-state index is -0.387. The van der Waals surface area contributed by atoms with E-state index in [1.165, 1.54) is 17.1 Å². The SMILES string of the molecule is CC(C)(CCO)OCCn1cc(CNC(=O)C2CCC(CN3C(=O)C=CC3=O)CC2)nn1. The van der Waals surface area contributed by atoms with Gasteiger partial charge in [0.15, 0.2) is 0 Å². The number of hydrogen-bond donors (Lipinski definition) is 2. The number of aliphatic hydroxyl groups is 1. The van der Waals surface area contributed by atoms with E-state index in [4.69, 9.17) is 9.84 Å². The fourth-order valence-electron chi connectivity index (χ4n) is 4.08. The summed E-state index contributed by atoms with van der Waals surface area (Å²) in [7, 11) is 0. The van der Waals surface area contributed by atoms with Gasteiger partial charge < -0.3 is 15.2 Å². The van der Waals surface area contributed by atoms with Crippen LogP contribution in [-0.4, -0.2) is 68.1 Å². The van der Waals surface area contributed by atoms with Crippen LogP contribution in [0.4, 0.5) is 0 Å². The first-order valence-electron chi connectivity index (χ1n) is 11.2. The van der Waals surface area contributed by atoms with Crippen LogP contribution in [0.2, 0.25) is 0 Å². The molecule has 3 amide bonds. The van der Waals surface area contributed by atoms with Crippen LogP contribution in [0, 0.1) is 11.8 Å². The first-order valence-corrected chi connectivity index (χ1v) is 11.2. The molecule has 0 atom stereocenters. The fourth-order valence-corrected chi connectivity index (χ4v) is 4.08. The monoisotopic (exact) mass is 447 g/mol. The Morgan fingerprint density at radius 3 is 2.56 bits per heavy atom. The molecular weight excluding hydrogens is 414 g/mol. The first kappa shape index (κ1) is 24.1. The summed E-state index contributed by atoms with van der Waals surface area (Å²) in [5.41, 5.74) is 0.293. The van der Waals surface area contributed by atoms with Crippen LogP contribution >= 0.6 is 0 Å². The number of nitrogens with zero attached hydrogens (tertiary/aromatic N) is 4. The van der Waals surface area contributed by atoms with Crippen molar-refractivity contribution < 1.29 is 24.2 Å². The molecule has 32 heavy (non-hydrogen) atoms. The number of ether oxygens (including phenoxy) is 1. The van der Waals surface area contributed by atoms with Crippen molar-refractivity contribution in [2.75, 3.05) is 19.8 Å².